The Balaban J connectivity index is 2.62. The minimum atomic E-state index is -3.18. The van der Waals surface area contributed by atoms with E-state index in [-0.39, 0.29) is 23.2 Å². The second-order valence-corrected chi connectivity index (χ2v) is 6.64. The molecule has 17 heavy (non-hydrogen) atoms. The number of hydrogen-bond acceptors (Lipinski definition) is 4. The SMILES string of the molecule is CC(C)n1nc(C(=O)O)c2c1CCS(=O)(=O)C2. The van der Waals surface area contributed by atoms with Gasteiger partial charge in [0.25, 0.3) is 0 Å². The third-order valence-corrected chi connectivity index (χ3v) is 4.38. The molecule has 94 valence electrons. The van der Waals surface area contributed by atoms with E-state index >= 15 is 0 Å². The van der Waals surface area contributed by atoms with Gasteiger partial charge in [0.05, 0.1) is 11.5 Å². The second-order valence-electron chi connectivity index (χ2n) is 4.46. The number of fused-ring (bicyclic) bond motifs is 1. The largest absolute Gasteiger partial charge is 0.476 e. The van der Waals surface area contributed by atoms with Crippen LogP contribution >= 0.6 is 0 Å². The zero-order valence-corrected chi connectivity index (χ0v) is 10.5. The summed E-state index contributed by atoms with van der Waals surface area (Å²) in [6.07, 6.45) is 0.343. The smallest absolute Gasteiger partial charge is 0.356 e. The van der Waals surface area contributed by atoms with Crippen molar-refractivity contribution in [2.45, 2.75) is 32.1 Å². The Morgan fingerprint density at radius 2 is 2.12 bits per heavy atom. The Labute approximate surface area is 99.2 Å². The number of aromatic nitrogens is 2. The van der Waals surface area contributed by atoms with Crippen LogP contribution in [-0.4, -0.2) is 35.0 Å². The molecule has 0 unspecified atom stereocenters. The summed E-state index contributed by atoms with van der Waals surface area (Å²) < 4.78 is 24.7. The van der Waals surface area contributed by atoms with Gasteiger partial charge in [-0.15, -0.1) is 0 Å². The third-order valence-electron chi connectivity index (χ3n) is 2.82. The molecule has 2 rings (SSSR count). The van der Waals surface area contributed by atoms with E-state index in [0.29, 0.717) is 12.0 Å². The molecule has 0 aromatic carbocycles. The molecule has 1 aliphatic heterocycles. The number of rotatable bonds is 2. The molecule has 6 nitrogen and oxygen atoms in total. The maximum atomic E-state index is 11.5. The highest BCUT2D eigenvalue weighted by atomic mass is 32.2. The molecule has 0 spiro atoms. The van der Waals surface area contributed by atoms with E-state index in [1.807, 2.05) is 13.8 Å². The van der Waals surface area contributed by atoms with E-state index in [9.17, 15) is 13.2 Å². The number of nitrogens with zero attached hydrogens (tertiary/aromatic N) is 2. The van der Waals surface area contributed by atoms with Crippen molar-refractivity contribution >= 4 is 15.8 Å². The molecule has 0 amide bonds. The normalized spacial score (nSPS) is 18.1. The highest BCUT2D eigenvalue weighted by Crippen LogP contribution is 2.26. The van der Waals surface area contributed by atoms with Gasteiger partial charge in [-0.2, -0.15) is 5.10 Å². The van der Waals surface area contributed by atoms with Crippen molar-refractivity contribution in [3.05, 3.63) is 17.0 Å². The summed E-state index contributed by atoms with van der Waals surface area (Å²) in [7, 11) is -3.18. The fourth-order valence-electron chi connectivity index (χ4n) is 2.06. The Morgan fingerprint density at radius 1 is 1.47 bits per heavy atom. The van der Waals surface area contributed by atoms with Crippen molar-refractivity contribution in [3.8, 4) is 0 Å². The van der Waals surface area contributed by atoms with E-state index in [0.717, 1.165) is 5.69 Å². The zero-order valence-electron chi connectivity index (χ0n) is 9.67. The van der Waals surface area contributed by atoms with Gasteiger partial charge >= 0.3 is 5.97 Å². The topological polar surface area (TPSA) is 89.3 Å². The zero-order chi connectivity index (χ0) is 12.8. The molecule has 2 heterocycles. The lowest BCUT2D eigenvalue weighted by Crippen LogP contribution is -2.21. The number of sulfone groups is 1. The molecule has 7 heteroatoms. The maximum absolute atomic E-state index is 11.5. The average Bonchev–Trinajstić information content (AvgIpc) is 2.54. The summed E-state index contributed by atoms with van der Waals surface area (Å²) in [5.41, 5.74) is 0.974. The summed E-state index contributed by atoms with van der Waals surface area (Å²) in [6.45, 7) is 3.78. The molecule has 1 N–H and O–H groups in total. The number of aromatic carboxylic acids is 1. The Kier molecular flexibility index (Phi) is 2.73. The van der Waals surface area contributed by atoms with Crippen LogP contribution in [0.15, 0.2) is 0 Å². The summed E-state index contributed by atoms with van der Waals surface area (Å²) in [5, 5.41) is 13.0. The van der Waals surface area contributed by atoms with Crippen LogP contribution in [0.4, 0.5) is 0 Å². The van der Waals surface area contributed by atoms with E-state index < -0.39 is 15.8 Å². The van der Waals surface area contributed by atoms with E-state index in [1.54, 1.807) is 4.68 Å². The molecule has 0 saturated carbocycles. The number of carbonyl (C=O) groups is 1. The Hall–Kier alpha value is -1.37. The van der Waals surface area contributed by atoms with E-state index in [1.165, 1.54) is 0 Å². The van der Waals surface area contributed by atoms with Crippen LogP contribution in [0, 0.1) is 0 Å². The molecular weight excluding hydrogens is 244 g/mol. The summed E-state index contributed by atoms with van der Waals surface area (Å²) in [6, 6.07) is 0.0256. The molecule has 0 saturated heterocycles. The van der Waals surface area contributed by atoms with E-state index in [2.05, 4.69) is 5.10 Å². The average molecular weight is 258 g/mol. The molecule has 0 atom stereocenters. The lowest BCUT2D eigenvalue weighted by molar-refractivity contribution is 0.0688. The molecule has 0 radical (unpaired) electrons. The van der Waals surface area contributed by atoms with Gasteiger partial charge in [-0.25, -0.2) is 13.2 Å². The Morgan fingerprint density at radius 3 is 2.65 bits per heavy atom. The van der Waals surface area contributed by atoms with Gasteiger partial charge in [0.2, 0.25) is 0 Å². The fraction of sp³-hybridized carbons (Fsp3) is 0.600. The lowest BCUT2D eigenvalue weighted by Gasteiger charge is -2.16. The highest BCUT2D eigenvalue weighted by Gasteiger charge is 2.31. The van der Waals surface area contributed by atoms with Crippen LogP contribution in [-0.2, 0) is 22.0 Å². The number of carboxylic acid groups (broad SMARTS) is 1. The first-order valence-corrected chi connectivity index (χ1v) is 7.18. The van der Waals surface area contributed by atoms with Crippen molar-refractivity contribution in [2.24, 2.45) is 0 Å². The van der Waals surface area contributed by atoms with Crippen LogP contribution in [0.25, 0.3) is 0 Å². The molecule has 0 fully saturated rings. The van der Waals surface area contributed by atoms with Crippen LogP contribution in [0.1, 0.15) is 41.6 Å². The van der Waals surface area contributed by atoms with Gasteiger partial charge in [0, 0.05) is 23.7 Å². The van der Waals surface area contributed by atoms with Crippen LogP contribution in [0.3, 0.4) is 0 Å². The van der Waals surface area contributed by atoms with Gasteiger partial charge in [-0.1, -0.05) is 0 Å². The molecule has 1 aromatic heterocycles. The van der Waals surface area contributed by atoms with E-state index in [4.69, 9.17) is 5.11 Å². The predicted molar refractivity (Wildman–Crippen MR) is 60.8 cm³/mol. The van der Waals surface area contributed by atoms with Crippen LogP contribution in [0.5, 0.6) is 0 Å². The Bertz CT molecular complexity index is 571. The van der Waals surface area contributed by atoms with Crippen molar-refractivity contribution < 1.29 is 18.3 Å². The number of carboxylic acids is 1. The first-order chi connectivity index (χ1) is 7.82. The minimum absolute atomic E-state index is 0.0256. The quantitative estimate of drug-likeness (QED) is 0.840. The van der Waals surface area contributed by atoms with Gasteiger partial charge < -0.3 is 5.11 Å². The second kappa shape index (κ2) is 3.83. The molecule has 1 aromatic rings. The fourth-order valence-corrected chi connectivity index (χ4v) is 3.46. The standard InChI is InChI=1S/C10H14N2O4S/c1-6(2)12-8-3-4-17(15,16)5-7(8)9(11-12)10(13)14/h6H,3-5H2,1-2H3,(H,13,14). The predicted octanol–water partition coefficient (Wildman–Crippen LogP) is 0.633. The summed E-state index contributed by atoms with van der Waals surface area (Å²) in [4.78, 5) is 11.0. The monoisotopic (exact) mass is 258 g/mol. The molecule has 0 bridgehead atoms. The van der Waals surface area contributed by atoms with Crippen molar-refractivity contribution in [1.29, 1.82) is 0 Å². The first-order valence-electron chi connectivity index (χ1n) is 5.36. The van der Waals surface area contributed by atoms with Gasteiger partial charge in [0.1, 0.15) is 0 Å². The highest BCUT2D eigenvalue weighted by molar-refractivity contribution is 7.90. The van der Waals surface area contributed by atoms with Crippen molar-refractivity contribution in [1.82, 2.24) is 9.78 Å². The molecular formula is C10H14N2O4S. The molecule has 0 aliphatic carbocycles. The van der Waals surface area contributed by atoms with Gasteiger partial charge in [-0.05, 0) is 13.8 Å². The minimum Gasteiger partial charge on any atom is -0.476 e. The van der Waals surface area contributed by atoms with Gasteiger partial charge in [0.15, 0.2) is 15.5 Å². The number of hydrogen-bond donors (Lipinski definition) is 1. The lowest BCUT2D eigenvalue weighted by atomic mass is 10.1. The van der Waals surface area contributed by atoms with Crippen molar-refractivity contribution in [2.75, 3.05) is 5.75 Å². The summed E-state index contributed by atoms with van der Waals surface area (Å²) in [5.74, 6) is -1.31. The maximum Gasteiger partial charge on any atom is 0.356 e. The van der Waals surface area contributed by atoms with Gasteiger partial charge in [-0.3, -0.25) is 4.68 Å². The van der Waals surface area contributed by atoms with Crippen LogP contribution < -0.4 is 0 Å². The first kappa shape index (κ1) is 12.1. The van der Waals surface area contributed by atoms with Crippen LogP contribution in [0.2, 0.25) is 0 Å². The van der Waals surface area contributed by atoms with Crippen molar-refractivity contribution in [3.63, 3.8) is 0 Å². The third kappa shape index (κ3) is 2.06. The molecule has 1 aliphatic rings. The summed E-state index contributed by atoms with van der Waals surface area (Å²) >= 11 is 0.